The van der Waals surface area contributed by atoms with Gasteiger partial charge in [0.2, 0.25) is 5.91 Å². The monoisotopic (exact) mass is 413 g/mol. The van der Waals surface area contributed by atoms with Crippen molar-refractivity contribution in [3.63, 3.8) is 0 Å². The van der Waals surface area contributed by atoms with Gasteiger partial charge in [0, 0.05) is 22.2 Å². The van der Waals surface area contributed by atoms with E-state index in [-0.39, 0.29) is 22.6 Å². The van der Waals surface area contributed by atoms with E-state index < -0.39 is 11.6 Å². The first-order valence-electron chi connectivity index (χ1n) is 9.56. The highest BCUT2D eigenvalue weighted by molar-refractivity contribution is 8.00. The molecule has 150 valence electrons. The maximum absolute atomic E-state index is 13.7. The lowest BCUT2D eigenvalue weighted by atomic mass is 9.93. The third-order valence-electron chi connectivity index (χ3n) is 5.03. The molecule has 4 nitrogen and oxygen atoms in total. The zero-order chi connectivity index (χ0) is 20.2. The summed E-state index contributed by atoms with van der Waals surface area (Å²) in [4.78, 5) is 12.7. The molecule has 29 heavy (non-hydrogen) atoms. The van der Waals surface area contributed by atoms with Crippen LogP contribution in [0.1, 0.15) is 35.7 Å². The molecule has 2 aromatic carbocycles. The first-order valence-corrected chi connectivity index (χ1v) is 10.5. The summed E-state index contributed by atoms with van der Waals surface area (Å²) in [5.41, 5.74) is 3.39. The number of benzene rings is 2. The lowest BCUT2D eigenvalue weighted by molar-refractivity contribution is -0.119. The maximum Gasteiger partial charge on any atom is 0.230 e. The molecule has 1 N–H and O–H groups in total. The fraction of sp³-hybridized carbons (Fsp3) is 0.273. The van der Waals surface area contributed by atoms with Crippen molar-refractivity contribution in [3.8, 4) is 0 Å². The number of nitrogens with one attached hydrogen (secondary N) is 1. The first-order chi connectivity index (χ1) is 14.1. The molecule has 0 bridgehead atoms. The average molecular weight is 413 g/mol. The summed E-state index contributed by atoms with van der Waals surface area (Å²) in [6, 6.07) is 13.4. The van der Waals surface area contributed by atoms with Crippen LogP contribution in [0.25, 0.3) is 0 Å². The van der Waals surface area contributed by atoms with E-state index in [9.17, 15) is 13.6 Å². The first kappa shape index (κ1) is 19.6. The van der Waals surface area contributed by atoms with Crippen LogP contribution in [0.5, 0.6) is 0 Å². The number of fused-ring (bicyclic) bond motifs is 1. The Hall–Kier alpha value is -2.67. The molecule has 1 heterocycles. The number of carbonyl (C=O) groups is 1. The van der Waals surface area contributed by atoms with E-state index in [2.05, 4.69) is 22.5 Å². The number of carbonyl (C=O) groups excluding carboxylic acids is 1. The van der Waals surface area contributed by atoms with Crippen LogP contribution < -0.4 is 5.32 Å². The molecule has 4 rings (SSSR count). The van der Waals surface area contributed by atoms with Crippen molar-refractivity contribution < 1.29 is 13.6 Å². The number of hydrogen-bond acceptors (Lipinski definition) is 3. The molecule has 0 spiro atoms. The Morgan fingerprint density at radius 2 is 2.03 bits per heavy atom. The summed E-state index contributed by atoms with van der Waals surface area (Å²) < 4.78 is 28.7. The molecular formula is C22H21F2N3OS. The highest BCUT2D eigenvalue weighted by atomic mass is 32.2. The van der Waals surface area contributed by atoms with Crippen LogP contribution in [0.2, 0.25) is 0 Å². The Morgan fingerprint density at radius 1 is 1.21 bits per heavy atom. The summed E-state index contributed by atoms with van der Waals surface area (Å²) in [5, 5.41) is 7.58. The van der Waals surface area contributed by atoms with Gasteiger partial charge in [-0.25, -0.2) is 8.78 Å². The minimum atomic E-state index is -0.648. The number of amides is 1. The Morgan fingerprint density at radius 3 is 2.83 bits per heavy atom. The van der Waals surface area contributed by atoms with Crippen LogP contribution in [0.4, 0.5) is 8.78 Å². The standard InChI is InChI=1S/C22H21F2N3OS/c23-16-9-10-21(18(24)11-16)29-14-22(28)26-19-7-4-8-20-17(19)12-25-27(20)13-15-5-2-1-3-6-15/h1-3,5-6,9-12,19H,4,7-8,13-14H2,(H,26,28). The third-order valence-corrected chi connectivity index (χ3v) is 6.07. The molecule has 1 aromatic heterocycles. The van der Waals surface area contributed by atoms with Crippen molar-refractivity contribution in [1.29, 1.82) is 0 Å². The van der Waals surface area contributed by atoms with Gasteiger partial charge in [0.25, 0.3) is 0 Å². The van der Waals surface area contributed by atoms with Gasteiger partial charge in [-0.3, -0.25) is 9.48 Å². The molecule has 0 saturated carbocycles. The molecule has 7 heteroatoms. The van der Waals surface area contributed by atoms with Gasteiger partial charge in [-0.15, -0.1) is 11.8 Å². The van der Waals surface area contributed by atoms with Crippen molar-refractivity contribution in [2.24, 2.45) is 0 Å². The summed E-state index contributed by atoms with van der Waals surface area (Å²) in [5.74, 6) is -1.37. The highest BCUT2D eigenvalue weighted by Crippen LogP contribution is 2.30. The molecule has 0 aliphatic heterocycles. The van der Waals surface area contributed by atoms with Gasteiger partial charge < -0.3 is 5.32 Å². The van der Waals surface area contributed by atoms with Crippen LogP contribution in [0.3, 0.4) is 0 Å². The van der Waals surface area contributed by atoms with Gasteiger partial charge >= 0.3 is 0 Å². The molecule has 0 radical (unpaired) electrons. The topological polar surface area (TPSA) is 46.9 Å². The van der Waals surface area contributed by atoms with E-state index in [0.717, 1.165) is 48.3 Å². The van der Waals surface area contributed by atoms with E-state index in [1.165, 1.54) is 17.7 Å². The number of thioether (sulfide) groups is 1. The molecule has 3 aromatic rings. The molecule has 1 atom stereocenters. The number of halogens is 2. The van der Waals surface area contributed by atoms with Gasteiger partial charge in [0.05, 0.1) is 24.5 Å². The molecule has 0 fully saturated rings. The Bertz CT molecular complexity index is 1010. The van der Waals surface area contributed by atoms with Crippen LogP contribution >= 0.6 is 11.8 Å². The zero-order valence-corrected chi connectivity index (χ0v) is 16.6. The summed E-state index contributed by atoms with van der Waals surface area (Å²) >= 11 is 1.07. The van der Waals surface area contributed by atoms with Gasteiger partial charge in [0.15, 0.2) is 0 Å². The third kappa shape index (κ3) is 4.67. The second-order valence-electron chi connectivity index (χ2n) is 7.07. The molecule has 1 amide bonds. The lowest BCUT2D eigenvalue weighted by Gasteiger charge is -2.24. The van der Waals surface area contributed by atoms with Crippen molar-refractivity contribution in [2.75, 3.05) is 5.75 Å². The minimum absolute atomic E-state index is 0.0759. The number of nitrogens with zero attached hydrogens (tertiary/aromatic N) is 2. The van der Waals surface area contributed by atoms with Crippen molar-refractivity contribution in [1.82, 2.24) is 15.1 Å². The van der Waals surface area contributed by atoms with Crippen molar-refractivity contribution >= 4 is 17.7 Å². The van der Waals surface area contributed by atoms with Crippen LogP contribution in [0.15, 0.2) is 59.6 Å². The molecule has 1 aliphatic carbocycles. The second kappa shape index (κ2) is 8.78. The maximum atomic E-state index is 13.7. The van der Waals surface area contributed by atoms with Crippen LogP contribution in [-0.4, -0.2) is 21.4 Å². The number of rotatable bonds is 6. The predicted molar refractivity (Wildman–Crippen MR) is 109 cm³/mol. The van der Waals surface area contributed by atoms with Crippen molar-refractivity contribution in [2.45, 2.75) is 36.7 Å². The van der Waals surface area contributed by atoms with Crippen LogP contribution in [0, 0.1) is 11.6 Å². The molecule has 1 unspecified atom stereocenters. The Balaban J connectivity index is 1.40. The van der Waals surface area contributed by atoms with E-state index in [1.807, 2.05) is 29.1 Å². The van der Waals surface area contributed by atoms with E-state index in [4.69, 9.17) is 0 Å². The van der Waals surface area contributed by atoms with Gasteiger partial charge in [-0.05, 0) is 37.0 Å². The van der Waals surface area contributed by atoms with E-state index in [1.54, 1.807) is 0 Å². The molecular weight excluding hydrogens is 392 g/mol. The fourth-order valence-electron chi connectivity index (χ4n) is 3.63. The molecule has 0 saturated heterocycles. The van der Waals surface area contributed by atoms with Gasteiger partial charge in [-0.1, -0.05) is 30.3 Å². The Kier molecular flexibility index (Phi) is 5.94. The summed E-state index contributed by atoms with van der Waals surface area (Å²) in [7, 11) is 0. The summed E-state index contributed by atoms with van der Waals surface area (Å²) in [6.07, 6.45) is 4.60. The normalized spacial score (nSPS) is 15.7. The highest BCUT2D eigenvalue weighted by Gasteiger charge is 2.25. The lowest BCUT2D eigenvalue weighted by Crippen LogP contribution is -2.32. The molecule has 1 aliphatic rings. The smallest absolute Gasteiger partial charge is 0.230 e. The second-order valence-corrected chi connectivity index (χ2v) is 8.08. The average Bonchev–Trinajstić information content (AvgIpc) is 3.12. The Labute approximate surface area is 172 Å². The largest absolute Gasteiger partial charge is 0.348 e. The van der Waals surface area contributed by atoms with Crippen LogP contribution in [-0.2, 0) is 17.8 Å². The number of hydrogen-bond donors (Lipinski definition) is 1. The van der Waals surface area contributed by atoms with E-state index >= 15 is 0 Å². The van der Waals surface area contributed by atoms with Gasteiger partial charge in [0.1, 0.15) is 11.6 Å². The fourth-order valence-corrected chi connectivity index (χ4v) is 4.36. The van der Waals surface area contributed by atoms with Crippen molar-refractivity contribution in [3.05, 3.63) is 83.2 Å². The summed E-state index contributed by atoms with van der Waals surface area (Å²) in [6.45, 7) is 0.705. The zero-order valence-electron chi connectivity index (χ0n) is 15.8. The SMILES string of the molecule is O=C(CSc1ccc(F)cc1F)NC1CCCc2c1cnn2Cc1ccccc1. The predicted octanol–water partition coefficient (Wildman–Crippen LogP) is 4.50. The quantitative estimate of drug-likeness (QED) is 0.606. The number of aromatic nitrogens is 2. The van der Waals surface area contributed by atoms with E-state index in [0.29, 0.717) is 6.54 Å². The minimum Gasteiger partial charge on any atom is -0.348 e. The van der Waals surface area contributed by atoms with Gasteiger partial charge in [-0.2, -0.15) is 5.10 Å².